The highest BCUT2D eigenvalue weighted by Gasteiger charge is 2.81. The number of hydrogen-bond acceptors (Lipinski definition) is 5. The molecule has 3 rings (SSSR count). The van der Waals surface area contributed by atoms with Gasteiger partial charge >= 0.3 is 6.18 Å². The van der Waals surface area contributed by atoms with Crippen LogP contribution in [0.25, 0.3) is 5.69 Å². The van der Waals surface area contributed by atoms with E-state index in [0.717, 1.165) is 0 Å². The van der Waals surface area contributed by atoms with Gasteiger partial charge in [0.25, 0.3) is 5.92 Å². The number of nitrogens with zero attached hydrogens (tertiary/aromatic N) is 3. The van der Waals surface area contributed by atoms with Crippen molar-refractivity contribution in [2.45, 2.75) is 23.3 Å². The van der Waals surface area contributed by atoms with Crippen molar-refractivity contribution in [1.29, 1.82) is 5.26 Å². The minimum atomic E-state index is -4.97. The molecule has 1 heterocycles. The van der Waals surface area contributed by atoms with Crippen molar-refractivity contribution in [2.75, 3.05) is 5.73 Å². The second-order valence-corrected chi connectivity index (χ2v) is 8.77. The number of primary sulfonamides is 1. The van der Waals surface area contributed by atoms with E-state index in [1.807, 2.05) is 0 Å². The van der Waals surface area contributed by atoms with E-state index in [1.165, 1.54) is 6.07 Å². The molecule has 156 valence electrons. The number of rotatable bonds is 3. The zero-order chi connectivity index (χ0) is 22.2. The van der Waals surface area contributed by atoms with Gasteiger partial charge in [-0.2, -0.15) is 23.5 Å². The van der Waals surface area contributed by atoms with Crippen LogP contribution in [0.5, 0.6) is 0 Å². The highest BCUT2D eigenvalue weighted by molar-refractivity contribution is 7.90. The van der Waals surface area contributed by atoms with E-state index in [0.29, 0.717) is 16.8 Å². The van der Waals surface area contributed by atoms with Gasteiger partial charge in [-0.3, -0.25) is 0 Å². The molecule has 1 aliphatic rings. The van der Waals surface area contributed by atoms with Crippen LogP contribution in [0.2, 0.25) is 10.0 Å². The van der Waals surface area contributed by atoms with E-state index in [1.54, 1.807) is 0 Å². The molecular weight excluding hydrogens is 468 g/mol. The predicted molar refractivity (Wildman–Crippen MR) is 92.1 cm³/mol. The number of anilines is 1. The van der Waals surface area contributed by atoms with E-state index >= 15 is 0 Å². The topological polar surface area (TPSA) is 128 Å². The number of nitrogen functional groups attached to an aromatic ring is 1. The maximum Gasteiger partial charge on any atom is 0.416 e. The summed E-state index contributed by atoms with van der Waals surface area (Å²) >= 11 is 11.7. The molecule has 1 fully saturated rings. The van der Waals surface area contributed by atoms with E-state index in [4.69, 9.17) is 34.1 Å². The lowest BCUT2D eigenvalue weighted by atomic mass is 10.1. The summed E-state index contributed by atoms with van der Waals surface area (Å²) in [6, 6.07) is 2.39. The van der Waals surface area contributed by atoms with Gasteiger partial charge in [-0.25, -0.2) is 27.0 Å². The minimum Gasteiger partial charge on any atom is -0.383 e. The summed E-state index contributed by atoms with van der Waals surface area (Å²) < 4.78 is 88.1. The summed E-state index contributed by atoms with van der Waals surface area (Å²) in [5, 5.41) is 16.6. The number of hydrogen-bond donors (Lipinski definition) is 2. The Labute approximate surface area is 169 Å². The predicted octanol–water partition coefficient (Wildman–Crippen LogP) is 3.17. The lowest BCUT2D eigenvalue weighted by molar-refractivity contribution is -0.137. The van der Waals surface area contributed by atoms with Crippen LogP contribution in [0.4, 0.5) is 27.8 Å². The summed E-state index contributed by atoms with van der Waals surface area (Å²) in [6.45, 7) is 0. The molecule has 0 bridgehead atoms. The van der Waals surface area contributed by atoms with Crippen LogP contribution in [0.15, 0.2) is 12.1 Å². The van der Waals surface area contributed by atoms with E-state index < -0.39 is 71.7 Å². The summed E-state index contributed by atoms with van der Waals surface area (Å²) in [4.78, 5) is 0. The number of benzene rings is 1. The van der Waals surface area contributed by atoms with Gasteiger partial charge in [0, 0.05) is 6.42 Å². The van der Waals surface area contributed by atoms with Crippen molar-refractivity contribution in [3.8, 4) is 11.8 Å². The first kappa shape index (κ1) is 21.6. The molecule has 0 amide bonds. The monoisotopic (exact) mass is 475 g/mol. The van der Waals surface area contributed by atoms with Crippen LogP contribution in [0.3, 0.4) is 0 Å². The Morgan fingerprint density at radius 2 is 1.72 bits per heavy atom. The largest absolute Gasteiger partial charge is 0.416 e. The number of alkyl halides is 5. The van der Waals surface area contributed by atoms with Gasteiger partial charge in [0.05, 0.1) is 21.2 Å². The highest BCUT2D eigenvalue weighted by atomic mass is 35.5. The second kappa shape index (κ2) is 6.18. The molecule has 1 unspecified atom stereocenters. The quantitative estimate of drug-likeness (QED) is 0.658. The first-order valence-electron chi connectivity index (χ1n) is 7.34. The molecule has 1 aromatic heterocycles. The van der Waals surface area contributed by atoms with Gasteiger partial charge in [-0.15, -0.1) is 0 Å². The Bertz CT molecular complexity index is 1170. The number of aromatic nitrogens is 2. The first-order chi connectivity index (χ1) is 13.1. The second-order valence-electron chi connectivity index (χ2n) is 6.17. The summed E-state index contributed by atoms with van der Waals surface area (Å²) in [5.41, 5.74) is 2.41. The maximum absolute atomic E-state index is 14.0. The molecule has 0 radical (unpaired) electrons. The minimum absolute atomic E-state index is 0.463. The van der Waals surface area contributed by atoms with Gasteiger partial charge in [0.1, 0.15) is 17.6 Å². The van der Waals surface area contributed by atoms with Crippen molar-refractivity contribution in [3.63, 3.8) is 0 Å². The van der Waals surface area contributed by atoms with Gasteiger partial charge < -0.3 is 5.73 Å². The fourth-order valence-corrected chi connectivity index (χ4v) is 4.93. The third-order valence-electron chi connectivity index (χ3n) is 4.41. The Balaban J connectivity index is 2.31. The molecule has 1 aromatic carbocycles. The highest BCUT2D eigenvalue weighted by Crippen LogP contribution is 2.65. The summed E-state index contributed by atoms with van der Waals surface area (Å²) in [5.74, 6) is -4.63. The van der Waals surface area contributed by atoms with Crippen molar-refractivity contribution < 1.29 is 30.4 Å². The van der Waals surface area contributed by atoms with Crippen LogP contribution in [0, 0.1) is 11.3 Å². The maximum atomic E-state index is 14.0. The number of halogens is 7. The average Bonchev–Trinajstić information content (AvgIpc) is 2.99. The van der Waals surface area contributed by atoms with Crippen LogP contribution >= 0.6 is 23.2 Å². The molecule has 15 heteroatoms. The molecule has 0 saturated heterocycles. The molecule has 1 atom stereocenters. The summed E-state index contributed by atoms with van der Waals surface area (Å²) in [6.07, 6.45) is -6.05. The standard InChI is InChI=1S/C14H8Cl2F5N5O2S/c15-6-1-5(14(19,20)21)2-7(16)10(6)26-11(23)9(8(3-22)25-26)12(29(24,27)28)4-13(12,17)18/h1-2H,4,23H2,(H2,24,27,28). The van der Waals surface area contributed by atoms with Crippen LogP contribution in [0.1, 0.15) is 23.2 Å². The van der Waals surface area contributed by atoms with Crippen LogP contribution in [-0.2, 0) is 20.9 Å². The zero-order valence-corrected chi connectivity index (χ0v) is 16.1. The van der Waals surface area contributed by atoms with Gasteiger partial charge in [0.2, 0.25) is 10.0 Å². The van der Waals surface area contributed by atoms with E-state index in [2.05, 4.69) is 5.10 Å². The van der Waals surface area contributed by atoms with Crippen LogP contribution in [-0.4, -0.2) is 24.1 Å². The zero-order valence-electron chi connectivity index (χ0n) is 13.7. The number of sulfonamides is 1. The van der Waals surface area contributed by atoms with Crippen molar-refractivity contribution in [3.05, 3.63) is 39.0 Å². The average molecular weight is 476 g/mol. The third-order valence-corrected chi connectivity index (χ3v) is 6.60. The molecule has 2 aromatic rings. The Morgan fingerprint density at radius 1 is 1.24 bits per heavy atom. The van der Waals surface area contributed by atoms with Gasteiger partial charge in [-0.05, 0) is 12.1 Å². The first-order valence-corrected chi connectivity index (χ1v) is 9.64. The molecule has 1 aliphatic carbocycles. The molecule has 0 aliphatic heterocycles. The fourth-order valence-electron chi connectivity index (χ4n) is 3.00. The Kier molecular flexibility index (Phi) is 4.59. The molecule has 7 nitrogen and oxygen atoms in total. The molecule has 1 saturated carbocycles. The number of nitrogens with two attached hydrogens (primary N) is 2. The van der Waals surface area contributed by atoms with Crippen molar-refractivity contribution >= 4 is 39.0 Å². The molecule has 0 spiro atoms. The van der Waals surface area contributed by atoms with E-state index in [-0.39, 0.29) is 0 Å². The fraction of sp³-hybridized carbons (Fsp3) is 0.286. The van der Waals surface area contributed by atoms with Crippen molar-refractivity contribution in [1.82, 2.24) is 9.78 Å². The third kappa shape index (κ3) is 3.02. The lowest BCUT2D eigenvalue weighted by Crippen LogP contribution is -2.34. The number of nitriles is 1. The molecule has 4 N–H and O–H groups in total. The van der Waals surface area contributed by atoms with Crippen molar-refractivity contribution in [2.24, 2.45) is 5.14 Å². The molecule has 29 heavy (non-hydrogen) atoms. The molecular formula is C14H8Cl2F5N5O2S. The lowest BCUT2D eigenvalue weighted by Gasteiger charge is -2.15. The van der Waals surface area contributed by atoms with E-state index in [9.17, 15) is 35.6 Å². The SMILES string of the molecule is N#Cc1nn(-c2c(Cl)cc(C(F)(F)F)cc2Cl)c(N)c1C1(S(N)(=O)=O)CC1(F)F. The normalized spacial score (nSPS) is 21.1. The summed E-state index contributed by atoms with van der Waals surface area (Å²) in [7, 11) is -4.97. The van der Waals surface area contributed by atoms with Crippen LogP contribution < -0.4 is 10.9 Å². The smallest absolute Gasteiger partial charge is 0.383 e. The van der Waals surface area contributed by atoms with Gasteiger partial charge in [0.15, 0.2) is 10.4 Å². The Hall–Kier alpha value is -2.14. The van der Waals surface area contributed by atoms with Gasteiger partial charge in [-0.1, -0.05) is 23.2 Å². The Morgan fingerprint density at radius 3 is 2.07 bits per heavy atom.